The molecular weight excluding hydrogens is 405 g/mol. The minimum Gasteiger partial charge on any atom is -0.461 e. The molecule has 1 aromatic carbocycles. The minimum absolute atomic E-state index is 0.0906. The second-order valence-electron chi connectivity index (χ2n) is 8.63. The first-order valence-electron chi connectivity index (χ1n) is 10.6. The van der Waals surface area contributed by atoms with Crippen molar-refractivity contribution in [3.63, 3.8) is 0 Å². The number of hydrogen-bond donors (Lipinski definition) is 0. The summed E-state index contributed by atoms with van der Waals surface area (Å²) in [5.41, 5.74) is 1.38. The van der Waals surface area contributed by atoms with Gasteiger partial charge in [-0.2, -0.15) is 13.2 Å². The standard InChI is InChI=1S/C23H21F3N4O/c24-23(25,26)21-15(7-10-30-20(11-14-5-6-14)27-28-22(21)30)12-29-9-8-19-17(13-29)16-3-1-2-4-18(16)31-19/h1-4,7,10,14H,5-6,8-9,11-13H2. The molecule has 0 radical (unpaired) electrons. The predicted molar refractivity (Wildman–Crippen MR) is 108 cm³/mol. The van der Waals surface area contributed by atoms with Gasteiger partial charge in [-0.05, 0) is 36.5 Å². The van der Waals surface area contributed by atoms with Gasteiger partial charge in [0.25, 0.3) is 0 Å². The zero-order valence-corrected chi connectivity index (χ0v) is 16.8. The van der Waals surface area contributed by atoms with Crippen LogP contribution in [0.3, 0.4) is 0 Å². The van der Waals surface area contributed by atoms with Gasteiger partial charge in [0.05, 0.1) is 0 Å². The van der Waals surface area contributed by atoms with Gasteiger partial charge in [-0.3, -0.25) is 9.30 Å². The molecule has 0 unspecified atom stereocenters. The number of halogens is 3. The summed E-state index contributed by atoms with van der Waals surface area (Å²) in [6.07, 6.45) is 0.785. The summed E-state index contributed by atoms with van der Waals surface area (Å²) < 4.78 is 49.8. The van der Waals surface area contributed by atoms with Crippen molar-refractivity contribution < 1.29 is 17.6 Å². The molecule has 4 aromatic rings. The van der Waals surface area contributed by atoms with E-state index in [1.807, 2.05) is 29.2 Å². The second kappa shape index (κ2) is 6.82. The van der Waals surface area contributed by atoms with Crippen LogP contribution in [0, 0.1) is 5.92 Å². The number of hydrogen-bond acceptors (Lipinski definition) is 4. The summed E-state index contributed by atoms with van der Waals surface area (Å²) in [6.45, 7) is 1.42. The molecule has 31 heavy (non-hydrogen) atoms. The number of fused-ring (bicyclic) bond motifs is 4. The Labute approximate surface area is 176 Å². The highest BCUT2D eigenvalue weighted by molar-refractivity contribution is 5.82. The molecule has 1 saturated carbocycles. The van der Waals surface area contributed by atoms with Crippen molar-refractivity contribution in [3.05, 3.63) is 64.8 Å². The molecule has 0 saturated heterocycles. The van der Waals surface area contributed by atoms with Crippen LogP contribution >= 0.6 is 0 Å². The molecule has 6 rings (SSSR count). The lowest BCUT2D eigenvalue weighted by Crippen LogP contribution is -2.30. The summed E-state index contributed by atoms with van der Waals surface area (Å²) in [5, 5.41) is 9.07. The van der Waals surface area contributed by atoms with E-state index in [0.29, 0.717) is 37.7 Å². The van der Waals surface area contributed by atoms with Gasteiger partial charge >= 0.3 is 6.18 Å². The van der Waals surface area contributed by atoms with E-state index >= 15 is 0 Å². The number of benzene rings is 1. The maximum atomic E-state index is 14.1. The quantitative estimate of drug-likeness (QED) is 0.461. The minimum atomic E-state index is -4.50. The molecule has 0 atom stereocenters. The van der Waals surface area contributed by atoms with Gasteiger partial charge in [0.15, 0.2) is 5.65 Å². The Bertz CT molecular complexity index is 1290. The largest absolute Gasteiger partial charge is 0.461 e. The van der Waals surface area contributed by atoms with Crippen molar-refractivity contribution in [2.24, 2.45) is 5.92 Å². The van der Waals surface area contributed by atoms with Gasteiger partial charge in [0, 0.05) is 49.6 Å². The van der Waals surface area contributed by atoms with Crippen molar-refractivity contribution in [1.29, 1.82) is 0 Å². The van der Waals surface area contributed by atoms with E-state index in [1.165, 1.54) is 4.40 Å². The summed E-state index contributed by atoms with van der Waals surface area (Å²) in [4.78, 5) is 2.05. The average molecular weight is 426 g/mol. The van der Waals surface area contributed by atoms with Gasteiger partial charge < -0.3 is 4.42 Å². The van der Waals surface area contributed by atoms with Gasteiger partial charge in [-0.1, -0.05) is 18.2 Å². The van der Waals surface area contributed by atoms with E-state index in [4.69, 9.17) is 4.42 Å². The highest BCUT2D eigenvalue weighted by Gasteiger charge is 2.38. The first-order chi connectivity index (χ1) is 15.0. The normalized spacial score (nSPS) is 17.5. The van der Waals surface area contributed by atoms with Crippen LogP contribution in [-0.2, 0) is 32.1 Å². The Morgan fingerprint density at radius 2 is 1.94 bits per heavy atom. The van der Waals surface area contributed by atoms with Crippen molar-refractivity contribution >= 4 is 16.6 Å². The summed E-state index contributed by atoms with van der Waals surface area (Å²) in [6, 6.07) is 9.40. The summed E-state index contributed by atoms with van der Waals surface area (Å²) in [7, 11) is 0. The molecule has 160 valence electrons. The fourth-order valence-corrected chi connectivity index (χ4v) is 4.67. The molecule has 1 aliphatic heterocycles. The van der Waals surface area contributed by atoms with E-state index in [2.05, 4.69) is 10.2 Å². The summed E-state index contributed by atoms with van der Waals surface area (Å²) >= 11 is 0. The van der Waals surface area contributed by atoms with Crippen LogP contribution in [0.4, 0.5) is 13.2 Å². The molecule has 4 heterocycles. The Morgan fingerprint density at radius 3 is 2.74 bits per heavy atom. The maximum absolute atomic E-state index is 14.1. The molecule has 2 aliphatic rings. The fourth-order valence-electron chi connectivity index (χ4n) is 4.67. The Hall–Kier alpha value is -2.87. The fraction of sp³-hybridized carbons (Fsp3) is 0.391. The number of alkyl halides is 3. The number of pyridine rings is 1. The zero-order valence-electron chi connectivity index (χ0n) is 16.8. The number of aromatic nitrogens is 3. The molecule has 0 spiro atoms. The Balaban J connectivity index is 1.35. The monoisotopic (exact) mass is 426 g/mol. The lowest BCUT2D eigenvalue weighted by Gasteiger charge is -2.27. The van der Waals surface area contributed by atoms with Crippen LogP contribution in [0.1, 0.15) is 41.1 Å². The van der Waals surface area contributed by atoms with Crippen LogP contribution in [0.2, 0.25) is 0 Å². The molecule has 1 aliphatic carbocycles. The highest BCUT2D eigenvalue weighted by Crippen LogP contribution is 2.38. The average Bonchev–Trinajstić information content (AvgIpc) is 3.35. The van der Waals surface area contributed by atoms with Crippen molar-refractivity contribution in [3.8, 4) is 0 Å². The molecular formula is C23H21F3N4O. The van der Waals surface area contributed by atoms with Crippen LogP contribution in [0.15, 0.2) is 40.9 Å². The number of furan rings is 1. The van der Waals surface area contributed by atoms with Crippen LogP contribution in [0.25, 0.3) is 16.6 Å². The molecule has 0 N–H and O–H groups in total. The molecule has 0 bridgehead atoms. The number of nitrogens with zero attached hydrogens (tertiary/aromatic N) is 4. The van der Waals surface area contributed by atoms with E-state index in [1.54, 1.807) is 12.3 Å². The van der Waals surface area contributed by atoms with Gasteiger partial charge in [-0.15, -0.1) is 10.2 Å². The molecule has 0 amide bonds. The van der Waals surface area contributed by atoms with Gasteiger partial charge in [0.1, 0.15) is 22.7 Å². The lowest BCUT2D eigenvalue weighted by molar-refractivity contribution is -0.137. The second-order valence-corrected chi connectivity index (χ2v) is 8.63. The van der Waals surface area contributed by atoms with Crippen LogP contribution in [-0.4, -0.2) is 26.0 Å². The van der Waals surface area contributed by atoms with E-state index in [-0.39, 0.29) is 17.8 Å². The van der Waals surface area contributed by atoms with E-state index < -0.39 is 11.7 Å². The van der Waals surface area contributed by atoms with Crippen molar-refractivity contribution in [1.82, 2.24) is 19.5 Å². The lowest BCUT2D eigenvalue weighted by atomic mass is 10.0. The SMILES string of the molecule is FC(F)(F)c1c(CN2CCc3oc4ccccc4c3C2)ccn2c(CC3CC3)nnc12. The van der Waals surface area contributed by atoms with Gasteiger partial charge in [-0.25, -0.2) is 0 Å². The van der Waals surface area contributed by atoms with Crippen LogP contribution in [0.5, 0.6) is 0 Å². The molecule has 1 fully saturated rings. The number of para-hydroxylation sites is 1. The van der Waals surface area contributed by atoms with Crippen molar-refractivity contribution in [2.75, 3.05) is 6.54 Å². The molecule has 3 aromatic heterocycles. The Morgan fingerprint density at radius 1 is 1.10 bits per heavy atom. The smallest absolute Gasteiger partial charge is 0.420 e. The molecule has 5 nitrogen and oxygen atoms in total. The third kappa shape index (κ3) is 3.29. The number of rotatable bonds is 4. The van der Waals surface area contributed by atoms with Crippen LogP contribution < -0.4 is 0 Å². The highest BCUT2D eigenvalue weighted by atomic mass is 19.4. The first-order valence-corrected chi connectivity index (χ1v) is 10.6. The maximum Gasteiger partial charge on any atom is 0.420 e. The molecule has 8 heteroatoms. The van der Waals surface area contributed by atoms with E-state index in [0.717, 1.165) is 35.1 Å². The third-order valence-electron chi connectivity index (χ3n) is 6.40. The topological polar surface area (TPSA) is 46.6 Å². The third-order valence-corrected chi connectivity index (χ3v) is 6.40. The first kappa shape index (κ1) is 18.9. The summed E-state index contributed by atoms with van der Waals surface area (Å²) in [5.74, 6) is 2.07. The predicted octanol–water partition coefficient (Wildman–Crippen LogP) is 5.01. The Kier molecular flexibility index (Phi) is 4.15. The van der Waals surface area contributed by atoms with Gasteiger partial charge in [0.2, 0.25) is 0 Å². The zero-order chi connectivity index (χ0) is 21.2. The van der Waals surface area contributed by atoms with E-state index in [9.17, 15) is 13.2 Å². The van der Waals surface area contributed by atoms with Crippen molar-refractivity contribution in [2.45, 2.75) is 44.9 Å².